The van der Waals surface area contributed by atoms with E-state index in [2.05, 4.69) is 5.32 Å². The predicted molar refractivity (Wildman–Crippen MR) is 76.2 cm³/mol. The van der Waals surface area contributed by atoms with Crippen molar-refractivity contribution in [3.8, 4) is 0 Å². The second-order valence-electron chi connectivity index (χ2n) is 5.35. The average molecular weight is 266 g/mol. The van der Waals surface area contributed by atoms with Crippen LogP contribution < -0.4 is 11.1 Å². The van der Waals surface area contributed by atoms with Gasteiger partial charge >= 0.3 is 0 Å². The third kappa shape index (κ3) is 4.69. The summed E-state index contributed by atoms with van der Waals surface area (Å²) in [6.45, 7) is 4.39. The summed E-state index contributed by atoms with van der Waals surface area (Å²) >= 11 is 0. The molecule has 0 aromatic carbocycles. The third-order valence-corrected chi connectivity index (χ3v) is 3.98. The van der Waals surface area contributed by atoms with Crippen molar-refractivity contribution in [3.63, 3.8) is 0 Å². The fourth-order valence-electron chi connectivity index (χ4n) is 2.61. The zero-order valence-corrected chi connectivity index (χ0v) is 12.0. The summed E-state index contributed by atoms with van der Waals surface area (Å²) in [5.41, 5.74) is 5.49. The Hall–Kier alpha value is -1.32. The molecule has 0 heterocycles. The highest BCUT2D eigenvalue weighted by molar-refractivity contribution is 5.87. The van der Waals surface area contributed by atoms with Crippen molar-refractivity contribution in [2.24, 2.45) is 23.5 Å². The van der Waals surface area contributed by atoms with Crippen molar-refractivity contribution in [2.75, 3.05) is 6.54 Å². The van der Waals surface area contributed by atoms with Gasteiger partial charge in [-0.3, -0.25) is 9.59 Å². The number of amides is 2. The fraction of sp³-hybridized carbons (Fsp3) is 0.733. The summed E-state index contributed by atoms with van der Waals surface area (Å²) in [5.74, 6) is -0.473. The lowest BCUT2D eigenvalue weighted by atomic mass is 9.74. The van der Waals surface area contributed by atoms with Crippen LogP contribution in [0.2, 0.25) is 0 Å². The van der Waals surface area contributed by atoms with Crippen LogP contribution in [0.5, 0.6) is 0 Å². The number of hydrogen-bond donors (Lipinski definition) is 2. The molecule has 1 aliphatic rings. The van der Waals surface area contributed by atoms with E-state index in [-0.39, 0.29) is 23.7 Å². The van der Waals surface area contributed by atoms with Crippen molar-refractivity contribution in [2.45, 2.75) is 46.0 Å². The maximum absolute atomic E-state index is 12.2. The van der Waals surface area contributed by atoms with E-state index in [1.807, 2.05) is 26.0 Å². The average Bonchev–Trinajstić information content (AvgIpc) is 2.30. The van der Waals surface area contributed by atoms with Crippen LogP contribution in [-0.2, 0) is 9.59 Å². The normalized spacial score (nSPS) is 18.8. The van der Waals surface area contributed by atoms with Crippen LogP contribution in [0.4, 0.5) is 0 Å². The highest BCUT2D eigenvalue weighted by Crippen LogP contribution is 2.35. The lowest BCUT2D eigenvalue weighted by Crippen LogP contribution is -2.41. The highest BCUT2D eigenvalue weighted by atomic mass is 16.2. The van der Waals surface area contributed by atoms with Crippen molar-refractivity contribution >= 4 is 11.8 Å². The molecule has 1 fully saturated rings. The van der Waals surface area contributed by atoms with Gasteiger partial charge in [0.1, 0.15) is 0 Å². The van der Waals surface area contributed by atoms with Crippen LogP contribution in [0, 0.1) is 17.8 Å². The Kier molecular flexibility index (Phi) is 6.60. The molecule has 0 saturated heterocycles. The molecule has 4 nitrogen and oxygen atoms in total. The second-order valence-corrected chi connectivity index (χ2v) is 5.35. The van der Waals surface area contributed by atoms with Gasteiger partial charge in [-0.15, -0.1) is 0 Å². The van der Waals surface area contributed by atoms with E-state index >= 15 is 0 Å². The fourth-order valence-corrected chi connectivity index (χ4v) is 2.61. The number of allylic oxidation sites excluding steroid dienone is 2. The molecule has 19 heavy (non-hydrogen) atoms. The van der Waals surface area contributed by atoms with Gasteiger partial charge in [0.05, 0.1) is 11.8 Å². The first kappa shape index (κ1) is 15.7. The van der Waals surface area contributed by atoms with Gasteiger partial charge in [-0.1, -0.05) is 31.4 Å². The molecule has 0 radical (unpaired) electrons. The number of carbonyl (C=O) groups excluding carboxylic acids is 2. The van der Waals surface area contributed by atoms with E-state index < -0.39 is 0 Å². The molecule has 2 amide bonds. The quantitative estimate of drug-likeness (QED) is 0.659. The third-order valence-electron chi connectivity index (χ3n) is 3.98. The lowest BCUT2D eigenvalue weighted by molar-refractivity contribution is -0.134. The van der Waals surface area contributed by atoms with Crippen molar-refractivity contribution in [1.29, 1.82) is 0 Å². The zero-order valence-electron chi connectivity index (χ0n) is 12.0. The molecule has 1 saturated carbocycles. The molecule has 0 aromatic heterocycles. The Morgan fingerprint density at radius 1 is 1.37 bits per heavy atom. The highest BCUT2D eigenvalue weighted by Gasteiger charge is 2.34. The molecule has 2 atom stereocenters. The monoisotopic (exact) mass is 266 g/mol. The maximum Gasteiger partial charge on any atom is 0.223 e. The Bertz CT molecular complexity index is 335. The minimum absolute atomic E-state index is 0.0253. The molecule has 1 unspecified atom stereocenters. The molecule has 0 bridgehead atoms. The molecule has 1 aliphatic carbocycles. The number of hydrogen-bond acceptors (Lipinski definition) is 2. The smallest absolute Gasteiger partial charge is 0.223 e. The van der Waals surface area contributed by atoms with Gasteiger partial charge in [0.15, 0.2) is 0 Å². The maximum atomic E-state index is 12.2. The van der Waals surface area contributed by atoms with E-state index in [1.54, 1.807) is 0 Å². The van der Waals surface area contributed by atoms with Gasteiger partial charge in [-0.05, 0) is 32.6 Å². The Morgan fingerprint density at radius 3 is 2.47 bits per heavy atom. The minimum Gasteiger partial charge on any atom is -0.369 e. The Morgan fingerprint density at radius 2 is 2.05 bits per heavy atom. The molecule has 1 rings (SSSR count). The van der Waals surface area contributed by atoms with Gasteiger partial charge in [-0.2, -0.15) is 0 Å². The number of primary amides is 1. The largest absolute Gasteiger partial charge is 0.369 e. The molecule has 0 spiro atoms. The summed E-state index contributed by atoms with van der Waals surface area (Å²) in [7, 11) is 0. The molecule has 0 aromatic rings. The van der Waals surface area contributed by atoms with Crippen molar-refractivity contribution < 1.29 is 9.59 Å². The van der Waals surface area contributed by atoms with Gasteiger partial charge in [-0.25, -0.2) is 0 Å². The van der Waals surface area contributed by atoms with E-state index in [0.29, 0.717) is 18.9 Å². The first-order valence-electron chi connectivity index (χ1n) is 7.28. The molecular formula is C15H26N2O2. The minimum atomic E-state index is -0.386. The molecule has 0 aliphatic heterocycles. The van der Waals surface area contributed by atoms with Gasteiger partial charge in [0.25, 0.3) is 0 Å². The summed E-state index contributed by atoms with van der Waals surface area (Å²) in [6, 6.07) is 0. The lowest BCUT2D eigenvalue weighted by Gasteiger charge is -2.31. The topological polar surface area (TPSA) is 72.2 Å². The van der Waals surface area contributed by atoms with Crippen LogP contribution in [0.1, 0.15) is 46.0 Å². The molecular weight excluding hydrogens is 240 g/mol. The van der Waals surface area contributed by atoms with Crippen molar-refractivity contribution in [1.82, 2.24) is 5.32 Å². The first-order chi connectivity index (χ1) is 9.10. The Balaban J connectivity index is 2.76. The molecule has 108 valence electrons. The van der Waals surface area contributed by atoms with E-state index in [1.165, 1.54) is 19.3 Å². The number of nitrogens with two attached hydrogens (primary N) is 1. The summed E-state index contributed by atoms with van der Waals surface area (Å²) in [4.78, 5) is 23.8. The first-order valence-corrected chi connectivity index (χ1v) is 7.28. The van der Waals surface area contributed by atoms with Crippen LogP contribution in [0.25, 0.3) is 0 Å². The Labute approximate surface area is 115 Å². The summed E-state index contributed by atoms with van der Waals surface area (Å²) in [6.07, 6.45) is 8.74. The van der Waals surface area contributed by atoms with Crippen LogP contribution in [0.15, 0.2) is 12.2 Å². The number of rotatable bonds is 8. The van der Waals surface area contributed by atoms with Gasteiger partial charge < -0.3 is 11.1 Å². The van der Waals surface area contributed by atoms with Crippen LogP contribution >= 0.6 is 0 Å². The van der Waals surface area contributed by atoms with Gasteiger partial charge in [0.2, 0.25) is 11.8 Å². The standard InChI is InChI=1S/C15H26N2O2/c1-3-5-9-12(14(16)18)13(15(19)17-4-2)10-11-7-6-8-11/h3,5,11-13H,4,6-10H2,1-2H3,(H2,16,18)(H,17,19)/b5-3+/t12-,13?/m0/s1. The second kappa shape index (κ2) is 7.97. The van der Waals surface area contributed by atoms with E-state index in [9.17, 15) is 9.59 Å². The predicted octanol–water partition coefficient (Wildman–Crippen LogP) is 2.00. The summed E-state index contributed by atoms with van der Waals surface area (Å²) < 4.78 is 0. The van der Waals surface area contributed by atoms with Crippen molar-refractivity contribution in [3.05, 3.63) is 12.2 Å². The number of nitrogens with one attached hydrogen (secondary N) is 1. The van der Waals surface area contributed by atoms with Gasteiger partial charge in [0, 0.05) is 6.54 Å². The van der Waals surface area contributed by atoms with E-state index in [4.69, 9.17) is 5.73 Å². The van der Waals surface area contributed by atoms with Crippen LogP contribution in [-0.4, -0.2) is 18.4 Å². The number of carbonyl (C=O) groups is 2. The summed E-state index contributed by atoms with van der Waals surface area (Å²) in [5, 5.41) is 2.84. The molecule has 3 N–H and O–H groups in total. The SMILES string of the molecule is C/C=C/C[C@H](C(N)=O)C(CC1CCC1)C(=O)NCC. The zero-order chi connectivity index (χ0) is 14.3. The van der Waals surface area contributed by atoms with E-state index in [0.717, 1.165) is 6.42 Å². The van der Waals surface area contributed by atoms with Crippen LogP contribution in [0.3, 0.4) is 0 Å². The molecule has 4 heteroatoms.